The molecule has 19 heavy (non-hydrogen) atoms. The Morgan fingerprint density at radius 2 is 2.00 bits per heavy atom. The van der Waals surface area contributed by atoms with Crippen molar-refractivity contribution in [3.05, 3.63) is 0 Å². The van der Waals surface area contributed by atoms with Gasteiger partial charge in [0.15, 0.2) is 0 Å². The van der Waals surface area contributed by atoms with Crippen molar-refractivity contribution < 1.29 is 9.84 Å². The number of nitrogens with one attached hydrogen (secondary N) is 1. The Bertz CT molecular complexity index is 235. The van der Waals surface area contributed by atoms with E-state index < -0.39 is 0 Å². The highest BCUT2D eigenvalue weighted by atomic mass is 16.5. The number of hydrogen-bond donors (Lipinski definition) is 2. The molecule has 1 aliphatic rings. The average Bonchev–Trinajstić information content (AvgIpc) is 2.45. The average molecular weight is 271 g/mol. The molecule has 2 N–H and O–H groups in total. The summed E-state index contributed by atoms with van der Waals surface area (Å²) in [6.45, 7) is 8.40. The zero-order chi connectivity index (χ0) is 14.1. The Morgan fingerprint density at radius 3 is 2.63 bits per heavy atom. The molecule has 1 saturated carbocycles. The summed E-state index contributed by atoms with van der Waals surface area (Å²) < 4.78 is 6.11. The van der Waals surface area contributed by atoms with Crippen LogP contribution < -0.4 is 5.32 Å². The molecule has 0 radical (unpaired) electrons. The molecule has 3 atom stereocenters. The van der Waals surface area contributed by atoms with E-state index in [1.807, 2.05) is 0 Å². The van der Waals surface area contributed by atoms with Crippen molar-refractivity contribution in [2.75, 3.05) is 19.8 Å². The van der Waals surface area contributed by atoms with Gasteiger partial charge in [0.05, 0.1) is 12.7 Å². The Labute approximate surface area is 119 Å². The monoisotopic (exact) mass is 271 g/mol. The Hall–Kier alpha value is -0.120. The van der Waals surface area contributed by atoms with Gasteiger partial charge in [-0.2, -0.15) is 0 Å². The van der Waals surface area contributed by atoms with Crippen LogP contribution in [0.3, 0.4) is 0 Å². The third kappa shape index (κ3) is 5.80. The largest absolute Gasteiger partial charge is 0.394 e. The minimum atomic E-state index is -0.188. The first-order valence-electron chi connectivity index (χ1n) is 8.12. The summed E-state index contributed by atoms with van der Waals surface area (Å²) >= 11 is 0. The van der Waals surface area contributed by atoms with Gasteiger partial charge in [-0.3, -0.25) is 0 Å². The zero-order valence-corrected chi connectivity index (χ0v) is 13.1. The van der Waals surface area contributed by atoms with Crippen molar-refractivity contribution in [3.63, 3.8) is 0 Å². The standard InChI is InChI=1S/C16H33NO2/c1-4-11-17-16(3,13-18)10-12-19-15-9-7-6-8-14(15)5-2/h14-15,17-18H,4-13H2,1-3H3. The lowest BCUT2D eigenvalue weighted by Crippen LogP contribution is -2.47. The topological polar surface area (TPSA) is 41.5 Å². The number of ether oxygens (including phenoxy) is 1. The molecule has 0 aliphatic heterocycles. The van der Waals surface area contributed by atoms with Crippen LogP contribution in [0.2, 0.25) is 0 Å². The van der Waals surface area contributed by atoms with E-state index in [9.17, 15) is 5.11 Å². The second kappa shape index (κ2) is 8.93. The van der Waals surface area contributed by atoms with E-state index in [1.54, 1.807) is 0 Å². The van der Waals surface area contributed by atoms with Gasteiger partial charge in [-0.05, 0) is 45.1 Å². The molecule has 3 unspecified atom stereocenters. The summed E-state index contributed by atoms with van der Waals surface area (Å²) in [6, 6.07) is 0. The lowest BCUT2D eigenvalue weighted by molar-refractivity contribution is -0.0232. The van der Waals surface area contributed by atoms with Crippen LogP contribution in [0.1, 0.15) is 65.7 Å². The molecule has 0 saturated heterocycles. The van der Waals surface area contributed by atoms with Crippen molar-refractivity contribution in [1.82, 2.24) is 5.32 Å². The minimum absolute atomic E-state index is 0.179. The van der Waals surface area contributed by atoms with Crippen molar-refractivity contribution >= 4 is 0 Å². The van der Waals surface area contributed by atoms with Gasteiger partial charge in [0, 0.05) is 12.1 Å². The van der Waals surface area contributed by atoms with Gasteiger partial charge in [0.25, 0.3) is 0 Å². The summed E-state index contributed by atoms with van der Waals surface area (Å²) in [6.07, 6.45) is 8.89. The Morgan fingerprint density at radius 1 is 1.26 bits per heavy atom. The van der Waals surface area contributed by atoms with Crippen LogP contribution in [0, 0.1) is 5.92 Å². The van der Waals surface area contributed by atoms with Crippen LogP contribution in [0.15, 0.2) is 0 Å². The number of hydrogen-bond acceptors (Lipinski definition) is 3. The summed E-state index contributed by atoms with van der Waals surface area (Å²) in [5.74, 6) is 0.748. The van der Waals surface area contributed by atoms with E-state index in [0.29, 0.717) is 6.10 Å². The molecular weight excluding hydrogens is 238 g/mol. The summed E-state index contributed by atoms with van der Waals surface area (Å²) in [4.78, 5) is 0. The van der Waals surface area contributed by atoms with Crippen molar-refractivity contribution in [2.24, 2.45) is 5.92 Å². The molecule has 1 aliphatic carbocycles. The molecule has 0 aromatic heterocycles. The maximum Gasteiger partial charge on any atom is 0.0611 e. The molecule has 0 aromatic rings. The molecule has 0 bridgehead atoms. The van der Waals surface area contributed by atoms with Crippen LogP contribution in [0.5, 0.6) is 0 Å². The van der Waals surface area contributed by atoms with E-state index >= 15 is 0 Å². The number of aliphatic hydroxyl groups excluding tert-OH is 1. The van der Waals surface area contributed by atoms with Gasteiger partial charge >= 0.3 is 0 Å². The molecule has 0 heterocycles. The third-order valence-corrected chi connectivity index (χ3v) is 4.50. The van der Waals surface area contributed by atoms with Crippen LogP contribution in [0.25, 0.3) is 0 Å². The maximum absolute atomic E-state index is 9.53. The fourth-order valence-electron chi connectivity index (χ4n) is 2.95. The predicted octanol–water partition coefficient (Wildman–Crippen LogP) is 3.11. The first-order valence-corrected chi connectivity index (χ1v) is 8.12. The number of aliphatic hydroxyl groups is 1. The first kappa shape index (κ1) is 16.9. The molecule has 0 spiro atoms. The lowest BCUT2D eigenvalue weighted by atomic mass is 9.84. The molecule has 3 nitrogen and oxygen atoms in total. The number of rotatable bonds is 9. The second-order valence-corrected chi connectivity index (χ2v) is 6.26. The molecule has 0 aromatic carbocycles. The van der Waals surface area contributed by atoms with E-state index in [4.69, 9.17) is 4.74 Å². The quantitative estimate of drug-likeness (QED) is 0.677. The molecule has 0 amide bonds. The fourth-order valence-corrected chi connectivity index (χ4v) is 2.95. The zero-order valence-electron chi connectivity index (χ0n) is 13.1. The minimum Gasteiger partial charge on any atom is -0.394 e. The maximum atomic E-state index is 9.53. The molecular formula is C16H33NO2. The van der Waals surface area contributed by atoms with Gasteiger partial charge in [-0.15, -0.1) is 0 Å². The smallest absolute Gasteiger partial charge is 0.0611 e. The van der Waals surface area contributed by atoms with Crippen molar-refractivity contribution in [1.29, 1.82) is 0 Å². The summed E-state index contributed by atoms with van der Waals surface area (Å²) in [7, 11) is 0. The Balaban J connectivity index is 2.30. The summed E-state index contributed by atoms with van der Waals surface area (Å²) in [5.41, 5.74) is -0.188. The van der Waals surface area contributed by atoms with Crippen LogP contribution in [0.4, 0.5) is 0 Å². The first-order chi connectivity index (χ1) is 9.15. The van der Waals surface area contributed by atoms with Gasteiger partial charge in [0.2, 0.25) is 0 Å². The molecule has 114 valence electrons. The Kier molecular flexibility index (Phi) is 7.96. The normalized spacial score (nSPS) is 27.2. The SMILES string of the molecule is CCCNC(C)(CO)CCOC1CCCCC1CC. The van der Waals surface area contributed by atoms with Gasteiger partial charge in [-0.25, -0.2) is 0 Å². The predicted molar refractivity (Wildman–Crippen MR) is 80.4 cm³/mol. The van der Waals surface area contributed by atoms with Gasteiger partial charge in [-0.1, -0.05) is 33.1 Å². The summed E-state index contributed by atoms with van der Waals surface area (Å²) in [5, 5.41) is 13.0. The van der Waals surface area contributed by atoms with E-state index in [2.05, 4.69) is 26.1 Å². The highest BCUT2D eigenvalue weighted by Gasteiger charge is 2.26. The van der Waals surface area contributed by atoms with E-state index in [-0.39, 0.29) is 12.1 Å². The molecule has 1 rings (SSSR count). The highest BCUT2D eigenvalue weighted by molar-refractivity contribution is 4.82. The second-order valence-electron chi connectivity index (χ2n) is 6.26. The van der Waals surface area contributed by atoms with E-state index in [0.717, 1.165) is 31.9 Å². The van der Waals surface area contributed by atoms with Gasteiger partial charge < -0.3 is 15.2 Å². The van der Waals surface area contributed by atoms with Crippen molar-refractivity contribution in [2.45, 2.75) is 77.4 Å². The lowest BCUT2D eigenvalue weighted by Gasteiger charge is -2.33. The van der Waals surface area contributed by atoms with Crippen LogP contribution >= 0.6 is 0 Å². The van der Waals surface area contributed by atoms with Crippen LogP contribution in [-0.4, -0.2) is 36.5 Å². The van der Waals surface area contributed by atoms with Gasteiger partial charge in [0.1, 0.15) is 0 Å². The highest BCUT2D eigenvalue weighted by Crippen LogP contribution is 2.29. The molecule has 3 heteroatoms. The van der Waals surface area contributed by atoms with Crippen LogP contribution in [-0.2, 0) is 4.74 Å². The molecule has 1 fully saturated rings. The van der Waals surface area contributed by atoms with E-state index in [1.165, 1.54) is 32.1 Å². The third-order valence-electron chi connectivity index (χ3n) is 4.50. The fraction of sp³-hybridized carbons (Fsp3) is 1.00. The van der Waals surface area contributed by atoms with Crippen molar-refractivity contribution in [3.8, 4) is 0 Å².